The number of rotatable bonds is 4. The van der Waals surface area contributed by atoms with Crippen molar-refractivity contribution in [3.05, 3.63) is 58.6 Å². The van der Waals surface area contributed by atoms with Crippen LogP contribution in [0, 0.1) is 5.41 Å². The number of esters is 1. The number of nitrogens with one attached hydrogen (secondary N) is 2. The summed E-state index contributed by atoms with van der Waals surface area (Å²) in [4.78, 5) is 26.1. The van der Waals surface area contributed by atoms with Crippen molar-refractivity contribution < 1.29 is 19.1 Å². The summed E-state index contributed by atoms with van der Waals surface area (Å²) in [6.45, 7) is 6.02. The highest BCUT2D eigenvalue weighted by Gasteiger charge is 2.44. The maximum absolute atomic E-state index is 13.3. The number of aromatic nitrogens is 2. The van der Waals surface area contributed by atoms with Crippen molar-refractivity contribution in [3.8, 4) is 17.0 Å². The lowest BCUT2D eigenvalue weighted by Gasteiger charge is -2.39. The minimum absolute atomic E-state index is 0.0412. The molecule has 0 bridgehead atoms. The van der Waals surface area contributed by atoms with Crippen molar-refractivity contribution in [2.45, 2.75) is 39.5 Å². The minimum atomic E-state index is -0.553. The summed E-state index contributed by atoms with van der Waals surface area (Å²) >= 11 is 0. The molecule has 0 spiro atoms. The number of nitrogens with zero attached hydrogens (tertiary/aromatic N) is 1. The highest BCUT2D eigenvalue weighted by molar-refractivity contribution is 6.04. The van der Waals surface area contributed by atoms with Gasteiger partial charge < -0.3 is 14.8 Å². The highest BCUT2D eigenvalue weighted by atomic mass is 16.5. The zero-order valence-electron chi connectivity index (χ0n) is 18.5. The lowest BCUT2D eigenvalue weighted by molar-refractivity contribution is -0.136. The summed E-state index contributed by atoms with van der Waals surface area (Å²) in [5.74, 6) is -0.226. The molecule has 1 aliphatic heterocycles. The van der Waals surface area contributed by atoms with Crippen molar-refractivity contribution in [3.63, 3.8) is 0 Å². The number of methoxy groups -OCH3 is 2. The van der Waals surface area contributed by atoms with Crippen molar-refractivity contribution in [2.24, 2.45) is 5.41 Å². The van der Waals surface area contributed by atoms with Crippen LogP contribution < -0.4 is 10.1 Å². The normalized spacial score (nSPS) is 20.3. The van der Waals surface area contributed by atoms with Gasteiger partial charge >= 0.3 is 5.97 Å². The van der Waals surface area contributed by atoms with Gasteiger partial charge in [0.2, 0.25) is 0 Å². The molecule has 31 heavy (non-hydrogen) atoms. The third-order valence-corrected chi connectivity index (χ3v) is 6.00. The lowest BCUT2D eigenvalue weighted by atomic mass is 9.68. The summed E-state index contributed by atoms with van der Waals surface area (Å²) in [6.07, 6.45) is 2.85. The molecule has 1 atom stereocenters. The fourth-order valence-corrected chi connectivity index (χ4v) is 4.63. The summed E-state index contributed by atoms with van der Waals surface area (Å²) in [5.41, 5.74) is 4.90. The van der Waals surface area contributed by atoms with Gasteiger partial charge in [-0.2, -0.15) is 5.10 Å². The fourth-order valence-electron chi connectivity index (χ4n) is 4.63. The predicted octanol–water partition coefficient (Wildman–Crippen LogP) is 3.86. The molecule has 0 saturated heterocycles. The molecule has 1 aromatic heterocycles. The topological polar surface area (TPSA) is 93.3 Å². The van der Waals surface area contributed by atoms with Crippen LogP contribution in [-0.2, 0) is 14.3 Å². The molecule has 2 heterocycles. The quantitative estimate of drug-likeness (QED) is 0.728. The summed E-state index contributed by atoms with van der Waals surface area (Å²) in [6, 6.07) is 7.58. The molecule has 1 aromatic carbocycles. The van der Waals surface area contributed by atoms with Crippen molar-refractivity contribution in [1.29, 1.82) is 0 Å². The van der Waals surface area contributed by atoms with Crippen LogP contribution in [0.4, 0.5) is 0 Å². The molecule has 7 nitrogen and oxygen atoms in total. The Hall–Kier alpha value is -3.35. The third kappa shape index (κ3) is 3.65. The Morgan fingerprint density at radius 1 is 1.16 bits per heavy atom. The highest BCUT2D eigenvalue weighted by Crippen LogP contribution is 2.48. The summed E-state index contributed by atoms with van der Waals surface area (Å²) in [5, 5.41) is 10.6. The van der Waals surface area contributed by atoms with Gasteiger partial charge in [-0.05, 0) is 43.0 Å². The van der Waals surface area contributed by atoms with E-state index in [-0.39, 0.29) is 11.2 Å². The fraction of sp³-hybridized carbons (Fsp3) is 0.375. The standard InChI is InChI=1S/C24H27N3O4/c1-13-19(23(29)31-5)20(21-17(26-13)10-24(2,3)11-18(21)28)16-12-25-27-22(16)14-6-8-15(30-4)9-7-14/h6-9,12,20,26H,10-11H2,1-5H3,(H,25,27)/t20-/m1/s1. The number of benzene rings is 1. The van der Waals surface area contributed by atoms with E-state index in [0.717, 1.165) is 34.7 Å². The Labute approximate surface area is 181 Å². The predicted molar refractivity (Wildman–Crippen MR) is 116 cm³/mol. The molecule has 162 valence electrons. The first-order valence-electron chi connectivity index (χ1n) is 10.3. The van der Waals surface area contributed by atoms with Crippen molar-refractivity contribution in [1.82, 2.24) is 15.5 Å². The van der Waals surface area contributed by atoms with E-state index < -0.39 is 11.9 Å². The zero-order valence-corrected chi connectivity index (χ0v) is 18.5. The van der Waals surface area contributed by atoms with E-state index in [0.29, 0.717) is 23.3 Å². The Morgan fingerprint density at radius 3 is 2.52 bits per heavy atom. The van der Waals surface area contributed by atoms with Gasteiger partial charge in [0.05, 0.1) is 37.6 Å². The molecule has 0 radical (unpaired) electrons. The number of dihydropyridines is 1. The summed E-state index contributed by atoms with van der Waals surface area (Å²) < 4.78 is 10.4. The maximum atomic E-state index is 13.3. The van der Waals surface area contributed by atoms with Gasteiger partial charge in [-0.15, -0.1) is 0 Å². The molecule has 0 amide bonds. The molecule has 4 rings (SSSR count). The molecule has 0 unspecified atom stereocenters. The first-order chi connectivity index (χ1) is 14.8. The van der Waals surface area contributed by atoms with Crippen LogP contribution in [0.3, 0.4) is 0 Å². The average molecular weight is 421 g/mol. The van der Waals surface area contributed by atoms with Crippen LogP contribution in [0.15, 0.2) is 53.0 Å². The van der Waals surface area contributed by atoms with E-state index in [9.17, 15) is 9.59 Å². The second kappa shape index (κ2) is 7.72. The van der Waals surface area contributed by atoms with E-state index in [1.165, 1.54) is 7.11 Å². The Morgan fingerprint density at radius 2 is 1.87 bits per heavy atom. The number of carbonyl (C=O) groups excluding carboxylic acids is 2. The van der Waals surface area contributed by atoms with E-state index in [2.05, 4.69) is 29.4 Å². The Kier molecular flexibility index (Phi) is 5.21. The van der Waals surface area contributed by atoms with Crippen LogP contribution in [0.1, 0.15) is 45.1 Å². The maximum Gasteiger partial charge on any atom is 0.336 e. The van der Waals surface area contributed by atoms with Crippen LogP contribution in [0.5, 0.6) is 5.75 Å². The number of carbonyl (C=O) groups is 2. The second-order valence-corrected chi connectivity index (χ2v) is 8.85. The minimum Gasteiger partial charge on any atom is -0.497 e. The second-order valence-electron chi connectivity index (χ2n) is 8.85. The molecular weight excluding hydrogens is 394 g/mol. The van der Waals surface area contributed by atoms with Crippen LogP contribution >= 0.6 is 0 Å². The van der Waals surface area contributed by atoms with Crippen LogP contribution in [0.2, 0.25) is 0 Å². The largest absolute Gasteiger partial charge is 0.497 e. The van der Waals surface area contributed by atoms with E-state index in [4.69, 9.17) is 9.47 Å². The monoisotopic (exact) mass is 421 g/mol. The average Bonchev–Trinajstić information content (AvgIpc) is 3.20. The lowest BCUT2D eigenvalue weighted by Crippen LogP contribution is -2.38. The molecule has 2 N–H and O–H groups in total. The first-order valence-corrected chi connectivity index (χ1v) is 10.3. The Bertz CT molecular complexity index is 1110. The SMILES string of the molecule is COC(=O)C1=C(C)NC2=C(C(=O)CC(C)(C)C2)[C@@H]1c1cn[nH]c1-c1ccc(OC)cc1. The number of hydrogen-bond acceptors (Lipinski definition) is 6. The van der Waals surface area contributed by atoms with E-state index in [1.54, 1.807) is 13.3 Å². The number of ether oxygens (including phenoxy) is 2. The van der Waals surface area contributed by atoms with Gasteiger partial charge in [0.15, 0.2) is 5.78 Å². The van der Waals surface area contributed by atoms with Crippen molar-refractivity contribution in [2.75, 3.05) is 14.2 Å². The number of aromatic amines is 1. The number of ketones is 1. The molecule has 2 aromatic rings. The van der Waals surface area contributed by atoms with Gasteiger partial charge in [-0.3, -0.25) is 9.89 Å². The van der Waals surface area contributed by atoms with E-state index in [1.807, 2.05) is 31.2 Å². The summed E-state index contributed by atoms with van der Waals surface area (Å²) in [7, 11) is 2.97. The van der Waals surface area contributed by atoms with Gasteiger partial charge in [0.25, 0.3) is 0 Å². The van der Waals surface area contributed by atoms with Crippen molar-refractivity contribution >= 4 is 11.8 Å². The van der Waals surface area contributed by atoms with Crippen LogP contribution in [-0.4, -0.2) is 36.2 Å². The van der Waals surface area contributed by atoms with Gasteiger partial charge in [0.1, 0.15) is 5.75 Å². The molecule has 0 saturated carbocycles. The zero-order chi connectivity index (χ0) is 22.3. The van der Waals surface area contributed by atoms with Gasteiger partial charge in [-0.1, -0.05) is 13.8 Å². The molecule has 7 heteroatoms. The molecule has 0 fully saturated rings. The third-order valence-electron chi connectivity index (χ3n) is 6.00. The Balaban J connectivity index is 1.90. The molecule has 2 aliphatic rings. The van der Waals surface area contributed by atoms with Gasteiger partial charge in [-0.25, -0.2) is 4.79 Å². The van der Waals surface area contributed by atoms with Gasteiger partial charge in [0, 0.05) is 34.5 Å². The number of H-pyrrole nitrogens is 1. The number of hydrogen-bond donors (Lipinski definition) is 2. The smallest absolute Gasteiger partial charge is 0.336 e. The first kappa shape index (κ1) is 20.9. The molecular formula is C24H27N3O4. The number of allylic oxidation sites excluding steroid dienone is 3. The van der Waals surface area contributed by atoms with E-state index >= 15 is 0 Å². The van der Waals surface area contributed by atoms with Crippen LogP contribution in [0.25, 0.3) is 11.3 Å². The number of Topliss-reactive ketones (excluding diaryl/α,β-unsaturated/α-hetero) is 1. The molecule has 1 aliphatic carbocycles.